The van der Waals surface area contributed by atoms with Gasteiger partial charge < -0.3 is 9.80 Å². The van der Waals surface area contributed by atoms with Crippen molar-refractivity contribution in [3.05, 3.63) is 106 Å². The number of nitrogens with two attached hydrogens (primary N) is 1. The molecule has 2 amide bonds. The number of carbonyl (C=O) groups is 2. The van der Waals surface area contributed by atoms with E-state index in [9.17, 15) is 28.0 Å². The Morgan fingerprint density at radius 1 is 1.12 bits per heavy atom. The van der Waals surface area contributed by atoms with Crippen LogP contribution in [0, 0.1) is 18.3 Å². The number of aryl methyl sites for hydroxylation is 1. The van der Waals surface area contributed by atoms with Crippen molar-refractivity contribution in [2.75, 3.05) is 10.8 Å². The first kappa shape index (κ1) is 28.9. The second kappa shape index (κ2) is 11.6. The van der Waals surface area contributed by atoms with Gasteiger partial charge >= 0.3 is 6.18 Å². The molecule has 1 unspecified atom stereocenters. The predicted molar refractivity (Wildman–Crippen MR) is 142 cm³/mol. The van der Waals surface area contributed by atoms with Crippen LogP contribution in [-0.2, 0) is 22.3 Å². The summed E-state index contributed by atoms with van der Waals surface area (Å²) in [7, 11) is 0. The lowest BCUT2D eigenvalue weighted by Crippen LogP contribution is -2.53. The molecule has 1 aliphatic rings. The second-order valence-electron chi connectivity index (χ2n) is 8.77. The van der Waals surface area contributed by atoms with Crippen LogP contribution in [0.15, 0.2) is 72.7 Å². The lowest BCUT2D eigenvalue weighted by atomic mass is 9.99. The molecular formula is C27H21Cl2F3N6O2. The van der Waals surface area contributed by atoms with Crippen molar-refractivity contribution in [2.24, 2.45) is 5.84 Å². The van der Waals surface area contributed by atoms with Crippen LogP contribution in [-0.4, -0.2) is 32.6 Å². The highest BCUT2D eigenvalue weighted by Crippen LogP contribution is 2.38. The van der Waals surface area contributed by atoms with E-state index in [1.807, 2.05) is 6.07 Å². The van der Waals surface area contributed by atoms with Crippen molar-refractivity contribution in [2.45, 2.75) is 25.7 Å². The summed E-state index contributed by atoms with van der Waals surface area (Å²) in [5, 5.41) is 10.5. The van der Waals surface area contributed by atoms with E-state index in [2.05, 4.69) is 4.98 Å². The van der Waals surface area contributed by atoms with Gasteiger partial charge in [-0.2, -0.15) is 18.4 Å². The minimum absolute atomic E-state index is 0.0689. The Morgan fingerprint density at radius 2 is 1.77 bits per heavy atom. The van der Waals surface area contributed by atoms with Crippen molar-refractivity contribution in [3.63, 3.8) is 0 Å². The lowest BCUT2D eigenvalue weighted by Gasteiger charge is -2.43. The maximum Gasteiger partial charge on any atom is 0.433 e. The quantitative estimate of drug-likeness (QED) is 0.182. The van der Waals surface area contributed by atoms with E-state index in [-0.39, 0.29) is 18.1 Å². The number of hydrogen-bond acceptors (Lipinski definition) is 6. The van der Waals surface area contributed by atoms with Crippen LogP contribution in [0.4, 0.5) is 18.9 Å². The van der Waals surface area contributed by atoms with E-state index in [1.54, 1.807) is 48.5 Å². The molecule has 2 heterocycles. The normalized spacial score (nSPS) is 15.5. The molecule has 2 aromatic carbocycles. The highest BCUT2D eigenvalue weighted by Gasteiger charge is 2.40. The summed E-state index contributed by atoms with van der Waals surface area (Å²) in [6.45, 7) is 1.25. The van der Waals surface area contributed by atoms with Gasteiger partial charge in [0.2, 0.25) is 0 Å². The number of nitriles is 1. The Kier molecular flexibility index (Phi) is 8.34. The number of pyridine rings is 1. The Labute approximate surface area is 237 Å². The van der Waals surface area contributed by atoms with Crippen LogP contribution >= 0.6 is 23.2 Å². The molecule has 13 heteroatoms. The summed E-state index contributed by atoms with van der Waals surface area (Å²) >= 11 is 11.9. The minimum Gasteiger partial charge on any atom is -0.309 e. The van der Waals surface area contributed by atoms with Gasteiger partial charge in [0.1, 0.15) is 23.4 Å². The third-order valence-electron chi connectivity index (χ3n) is 6.21. The van der Waals surface area contributed by atoms with Gasteiger partial charge in [0.25, 0.3) is 11.8 Å². The van der Waals surface area contributed by atoms with Gasteiger partial charge in [0.05, 0.1) is 18.2 Å². The second-order valence-corrected chi connectivity index (χ2v) is 9.48. The molecular weight excluding hydrogens is 568 g/mol. The number of anilines is 1. The van der Waals surface area contributed by atoms with E-state index >= 15 is 0 Å². The molecule has 0 fully saturated rings. The highest BCUT2D eigenvalue weighted by molar-refractivity contribution is 6.30. The van der Waals surface area contributed by atoms with Crippen LogP contribution in [0.25, 0.3) is 0 Å². The number of halogens is 5. The Hall–Kier alpha value is -4.11. The molecule has 0 aliphatic carbocycles. The number of amides is 2. The largest absolute Gasteiger partial charge is 0.433 e. The fourth-order valence-corrected chi connectivity index (χ4v) is 4.43. The summed E-state index contributed by atoms with van der Waals surface area (Å²) < 4.78 is 39.5. The van der Waals surface area contributed by atoms with Gasteiger partial charge in [0.15, 0.2) is 0 Å². The first-order valence-corrected chi connectivity index (χ1v) is 12.6. The van der Waals surface area contributed by atoms with Gasteiger partial charge in [-0.15, -0.1) is 11.6 Å². The van der Waals surface area contributed by atoms with Crippen LogP contribution in [0.1, 0.15) is 34.1 Å². The van der Waals surface area contributed by atoms with Gasteiger partial charge in [-0.25, -0.2) is 15.8 Å². The highest BCUT2D eigenvalue weighted by atomic mass is 35.5. The van der Waals surface area contributed by atoms with E-state index in [0.29, 0.717) is 27.4 Å². The smallest absolute Gasteiger partial charge is 0.309 e. The van der Waals surface area contributed by atoms with Crippen molar-refractivity contribution < 1.29 is 22.8 Å². The Morgan fingerprint density at radius 3 is 2.33 bits per heavy atom. The Balaban J connectivity index is 1.88. The molecule has 1 atom stereocenters. The lowest BCUT2D eigenvalue weighted by molar-refractivity contribution is -0.141. The van der Waals surface area contributed by atoms with Gasteiger partial charge in [-0.1, -0.05) is 29.8 Å². The molecule has 4 rings (SSSR count). The molecule has 0 bridgehead atoms. The summed E-state index contributed by atoms with van der Waals surface area (Å²) in [6.07, 6.45) is -3.29. The monoisotopic (exact) mass is 588 g/mol. The zero-order valence-corrected chi connectivity index (χ0v) is 22.4. The van der Waals surface area contributed by atoms with Crippen molar-refractivity contribution in [3.8, 4) is 6.07 Å². The topological polar surface area (TPSA) is 107 Å². The molecule has 3 aromatic rings. The molecule has 8 nitrogen and oxygen atoms in total. The van der Waals surface area contributed by atoms with E-state index in [1.165, 1.54) is 29.0 Å². The van der Waals surface area contributed by atoms with Gasteiger partial charge in [-0.3, -0.25) is 9.59 Å². The third kappa shape index (κ3) is 5.89. The van der Waals surface area contributed by atoms with Gasteiger partial charge in [-0.05, 0) is 60.5 Å². The van der Waals surface area contributed by atoms with Crippen molar-refractivity contribution >= 4 is 40.7 Å². The fourth-order valence-electron chi connectivity index (χ4n) is 4.17. The molecule has 0 spiro atoms. The summed E-state index contributed by atoms with van der Waals surface area (Å²) in [5.41, 5.74) is 0.658. The first-order valence-electron chi connectivity index (χ1n) is 11.7. The van der Waals surface area contributed by atoms with Gasteiger partial charge in [0, 0.05) is 22.6 Å². The van der Waals surface area contributed by atoms with Crippen LogP contribution < -0.4 is 10.7 Å². The molecule has 0 saturated carbocycles. The van der Waals surface area contributed by atoms with Crippen molar-refractivity contribution in [1.29, 1.82) is 5.26 Å². The first-order chi connectivity index (χ1) is 18.9. The average Bonchev–Trinajstić information content (AvgIpc) is 2.94. The molecule has 40 heavy (non-hydrogen) atoms. The number of alkyl halides is 4. The number of nitrogens with zero attached hydrogens (tertiary/aromatic N) is 5. The number of aromatic nitrogens is 1. The average molecular weight is 589 g/mol. The zero-order chi connectivity index (χ0) is 29.2. The number of hydrazine groups is 1. The Bertz CT molecular complexity index is 1500. The maximum absolute atomic E-state index is 14.1. The number of hydrogen-bond donors (Lipinski definition) is 1. The van der Waals surface area contributed by atoms with E-state index in [0.717, 1.165) is 11.1 Å². The number of carbonyl (C=O) groups excluding carboxylic acids is 2. The summed E-state index contributed by atoms with van der Waals surface area (Å²) in [6, 6.07) is 15.8. The van der Waals surface area contributed by atoms with Crippen LogP contribution in [0.5, 0.6) is 0 Å². The summed E-state index contributed by atoms with van der Waals surface area (Å²) in [4.78, 5) is 33.1. The maximum atomic E-state index is 14.1. The van der Waals surface area contributed by atoms with Crippen LogP contribution in [0.2, 0.25) is 5.02 Å². The molecule has 0 saturated heterocycles. The molecule has 0 radical (unpaired) electrons. The van der Waals surface area contributed by atoms with Crippen LogP contribution in [0.3, 0.4) is 0 Å². The molecule has 1 aliphatic heterocycles. The molecule has 206 valence electrons. The van der Waals surface area contributed by atoms with E-state index in [4.69, 9.17) is 29.0 Å². The fraction of sp³-hybridized carbons (Fsp3) is 0.185. The van der Waals surface area contributed by atoms with Crippen molar-refractivity contribution in [1.82, 2.24) is 14.9 Å². The summed E-state index contributed by atoms with van der Waals surface area (Å²) in [5.74, 6) is 4.65. The number of rotatable bonds is 6. The molecule has 2 N–H and O–H groups in total. The SMILES string of the molecule is Cc1nc(C(F)(F)F)ccc1CN1C=C(N(N)C(=O)CCl)N(c2ccc(Cl)cc2)C(c2ccc(C#N)cc2)C1=O. The standard InChI is InChI=1S/C27H21Cl2F3N6O2/c1-16-19(6-11-22(35-16)27(30,31)32)14-36-15-23(38(34)24(39)12-28)37(21-9-7-20(29)8-10-21)25(26(36)40)18-4-2-17(13-33)3-5-18/h2-11,15,25H,12,14,34H2,1H3. The zero-order valence-electron chi connectivity index (χ0n) is 20.9. The third-order valence-corrected chi connectivity index (χ3v) is 6.69. The minimum atomic E-state index is -4.63. The number of benzene rings is 2. The predicted octanol–water partition coefficient (Wildman–Crippen LogP) is 5.26. The van der Waals surface area contributed by atoms with E-state index < -0.39 is 35.6 Å². The molecule has 1 aromatic heterocycles.